The van der Waals surface area contributed by atoms with E-state index in [4.69, 9.17) is 0 Å². The number of halogens is 1. The maximum absolute atomic E-state index is 12.4. The standard InChI is InChI=1S/C19H17BrN4O/c1-11-2-3-12(19(25)23-15-4-5-15)7-16(11)17-10-22-24-18(17)13-6-14(20)9-21-8-13/h2-3,6-10,15H,4-5H2,1H3,(H,22,24)(H,23,25). The van der Waals surface area contributed by atoms with Gasteiger partial charge in [0, 0.05) is 39.6 Å². The van der Waals surface area contributed by atoms with Gasteiger partial charge in [0.25, 0.3) is 5.91 Å². The number of aromatic nitrogens is 3. The number of H-pyrrole nitrogens is 1. The monoisotopic (exact) mass is 396 g/mol. The normalized spacial score (nSPS) is 13.7. The SMILES string of the molecule is Cc1ccc(C(=O)NC2CC2)cc1-c1cn[nH]c1-c1cncc(Br)c1. The molecule has 0 radical (unpaired) electrons. The summed E-state index contributed by atoms with van der Waals surface area (Å²) in [5, 5.41) is 10.3. The zero-order valence-corrected chi connectivity index (χ0v) is 15.3. The lowest BCUT2D eigenvalue weighted by atomic mass is 9.96. The van der Waals surface area contributed by atoms with Crippen LogP contribution in [0, 0.1) is 6.92 Å². The van der Waals surface area contributed by atoms with Crippen LogP contribution in [0.25, 0.3) is 22.4 Å². The lowest BCUT2D eigenvalue weighted by molar-refractivity contribution is 0.0951. The van der Waals surface area contributed by atoms with Gasteiger partial charge in [0.2, 0.25) is 0 Å². The molecule has 0 unspecified atom stereocenters. The third-order valence-corrected chi connectivity index (χ3v) is 4.77. The predicted octanol–water partition coefficient (Wildman–Crippen LogP) is 4.10. The van der Waals surface area contributed by atoms with Crippen molar-refractivity contribution in [3.63, 3.8) is 0 Å². The molecule has 1 fully saturated rings. The number of pyridine rings is 1. The molecule has 0 atom stereocenters. The summed E-state index contributed by atoms with van der Waals surface area (Å²) in [6, 6.07) is 8.12. The van der Waals surface area contributed by atoms with Gasteiger partial charge in [-0.1, -0.05) is 6.07 Å². The summed E-state index contributed by atoms with van der Waals surface area (Å²) in [7, 11) is 0. The first kappa shape index (κ1) is 16.0. The summed E-state index contributed by atoms with van der Waals surface area (Å²) >= 11 is 3.45. The second kappa shape index (κ2) is 6.44. The molecule has 2 N–H and O–H groups in total. The first-order valence-corrected chi connectivity index (χ1v) is 8.97. The van der Waals surface area contributed by atoms with E-state index in [1.54, 1.807) is 18.6 Å². The van der Waals surface area contributed by atoms with Crippen LogP contribution in [0.15, 0.2) is 47.3 Å². The Hall–Kier alpha value is -2.47. The molecule has 3 aromatic rings. The highest BCUT2D eigenvalue weighted by Crippen LogP contribution is 2.33. The number of hydrogen-bond acceptors (Lipinski definition) is 3. The van der Waals surface area contributed by atoms with Gasteiger partial charge in [-0.25, -0.2) is 0 Å². The largest absolute Gasteiger partial charge is 0.349 e. The number of nitrogens with one attached hydrogen (secondary N) is 2. The van der Waals surface area contributed by atoms with Crippen molar-refractivity contribution in [3.8, 4) is 22.4 Å². The summed E-state index contributed by atoms with van der Waals surface area (Å²) in [5.41, 5.74) is 5.54. The molecule has 0 saturated heterocycles. The van der Waals surface area contributed by atoms with Crippen LogP contribution < -0.4 is 5.32 Å². The van der Waals surface area contributed by atoms with Gasteiger partial charge in [-0.2, -0.15) is 5.10 Å². The zero-order chi connectivity index (χ0) is 17.4. The molecule has 6 heteroatoms. The smallest absolute Gasteiger partial charge is 0.251 e. The van der Waals surface area contributed by atoms with E-state index in [1.807, 2.05) is 31.2 Å². The molecular weight excluding hydrogens is 380 g/mol. The number of aromatic amines is 1. The zero-order valence-electron chi connectivity index (χ0n) is 13.7. The maximum atomic E-state index is 12.4. The Morgan fingerprint density at radius 3 is 2.80 bits per heavy atom. The van der Waals surface area contributed by atoms with E-state index in [9.17, 15) is 4.79 Å². The van der Waals surface area contributed by atoms with Crippen LogP contribution in [-0.2, 0) is 0 Å². The molecule has 1 amide bonds. The first-order chi connectivity index (χ1) is 12.1. The minimum Gasteiger partial charge on any atom is -0.349 e. The lowest BCUT2D eigenvalue weighted by Crippen LogP contribution is -2.25. The van der Waals surface area contributed by atoms with Crippen LogP contribution in [0.3, 0.4) is 0 Å². The minimum absolute atomic E-state index is 0.0158. The van der Waals surface area contributed by atoms with E-state index < -0.39 is 0 Å². The molecule has 2 aromatic heterocycles. The van der Waals surface area contributed by atoms with E-state index in [0.717, 1.165) is 45.3 Å². The summed E-state index contributed by atoms with van der Waals surface area (Å²) in [6.45, 7) is 2.04. The van der Waals surface area contributed by atoms with Crippen LogP contribution in [0.1, 0.15) is 28.8 Å². The van der Waals surface area contributed by atoms with Crippen LogP contribution in [0.5, 0.6) is 0 Å². The topological polar surface area (TPSA) is 70.7 Å². The fourth-order valence-electron chi connectivity index (χ4n) is 2.81. The van der Waals surface area contributed by atoms with Crippen LogP contribution >= 0.6 is 15.9 Å². The molecule has 0 bridgehead atoms. The van der Waals surface area contributed by atoms with Crippen LogP contribution in [0.2, 0.25) is 0 Å². The third-order valence-electron chi connectivity index (χ3n) is 4.34. The van der Waals surface area contributed by atoms with E-state index in [2.05, 4.69) is 36.4 Å². The van der Waals surface area contributed by atoms with Crippen LogP contribution in [0.4, 0.5) is 0 Å². The fourth-order valence-corrected chi connectivity index (χ4v) is 3.17. The molecule has 25 heavy (non-hydrogen) atoms. The van der Waals surface area contributed by atoms with Gasteiger partial charge in [-0.3, -0.25) is 14.9 Å². The maximum Gasteiger partial charge on any atom is 0.251 e. The molecule has 1 aromatic carbocycles. The number of amides is 1. The van der Waals surface area contributed by atoms with Crippen molar-refractivity contribution in [1.82, 2.24) is 20.5 Å². The van der Waals surface area contributed by atoms with E-state index in [-0.39, 0.29) is 5.91 Å². The average molecular weight is 397 g/mol. The van der Waals surface area contributed by atoms with Gasteiger partial charge < -0.3 is 5.32 Å². The van der Waals surface area contributed by atoms with Crippen LogP contribution in [-0.4, -0.2) is 27.1 Å². The number of nitrogens with zero attached hydrogens (tertiary/aromatic N) is 2. The quantitative estimate of drug-likeness (QED) is 0.696. The summed E-state index contributed by atoms with van der Waals surface area (Å²) in [5.74, 6) is -0.0158. The fraction of sp³-hybridized carbons (Fsp3) is 0.211. The number of rotatable bonds is 4. The lowest BCUT2D eigenvalue weighted by Gasteiger charge is -2.10. The van der Waals surface area contributed by atoms with Gasteiger partial charge in [0.05, 0.1) is 11.9 Å². The van der Waals surface area contributed by atoms with Crippen molar-refractivity contribution in [2.24, 2.45) is 0 Å². The van der Waals surface area contributed by atoms with Crippen molar-refractivity contribution in [1.29, 1.82) is 0 Å². The van der Waals surface area contributed by atoms with Crippen molar-refractivity contribution in [2.45, 2.75) is 25.8 Å². The highest BCUT2D eigenvalue weighted by atomic mass is 79.9. The first-order valence-electron chi connectivity index (χ1n) is 8.18. The number of benzene rings is 1. The second-order valence-corrected chi connectivity index (χ2v) is 7.24. The molecule has 1 aliphatic carbocycles. The molecule has 126 valence electrons. The average Bonchev–Trinajstić information content (AvgIpc) is 3.28. The number of hydrogen-bond donors (Lipinski definition) is 2. The highest BCUT2D eigenvalue weighted by Gasteiger charge is 2.24. The Balaban J connectivity index is 1.75. The molecule has 1 saturated carbocycles. The molecule has 0 aliphatic heterocycles. The highest BCUT2D eigenvalue weighted by molar-refractivity contribution is 9.10. The molecule has 0 spiro atoms. The number of carbonyl (C=O) groups is 1. The molecule has 2 heterocycles. The predicted molar refractivity (Wildman–Crippen MR) is 100 cm³/mol. The molecule has 5 nitrogen and oxygen atoms in total. The third kappa shape index (κ3) is 3.35. The van der Waals surface area contributed by atoms with Gasteiger partial charge >= 0.3 is 0 Å². The van der Waals surface area contributed by atoms with Crippen molar-refractivity contribution >= 4 is 21.8 Å². The van der Waals surface area contributed by atoms with Crippen molar-refractivity contribution in [3.05, 3.63) is 58.5 Å². The van der Waals surface area contributed by atoms with E-state index in [1.165, 1.54) is 0 Å². The van der Waals surface area contributed by atoms with Crippen molar-refractivity contribution < 1.29 is 4.79 Å². The Labute approximate surface area is 154 Å². The Bertz CT molecular complexity index is 946. The Kier molecular flexibility index (Phi) is 4.13. The van der Waals surface area contributed by atoms with Gasteiger partial charge in [0.1, 0.15) is 0 Å². The Morgan fingerprint density at radius 2 is 2.04 bits per heavy atom. The minimum atomic E-state index is -0.0158. The molecule has 1 aliphatic rings. The summed E-state index contributed by atoms with van der Waals surface area (Å²) in [4.78, 5) is 16.6. The Morgan fingerprint density at radius 1 is 1.20 bits per heavy atom. The van der Waals surface area contributed by atoms with Gasteiger partial charge in [-0.15, -0.1) is 0 Å². The van der Waals surface area contributed by atoms with E-state index in [0.29, 0.717) is 11.6 Å². The second-order valence-electron chi connectivity index (χ2n) is 6.33. The summed E-state index contributed by atoms with van der Waals surface area (Å²) in [6.07, 6.45) is 7.48. The number of aryl methyl sites for hydroxylation is 1. The van der Waals surface area contributed by atoms with E-state index >= 15 is 0 Å². The molecular formula is C19H17BrN4O. The molecule has 4 rings (SSSR count). The van der Waals surface area contributed by atoms with Gasteiger partial charge in [0.15, 0.2) is 0 Å². The number of carbonyl (C=O) groups excluding carboxylic acids is 1. The summed E-state index contributed by atoms with van der Waals surface area (Å²) < 4.78 is 0.903. The van der Waals surface area contributed by atoms with Crippen molar-refractivity contribution in [2.75, 3.05) is 0 Å². The van der Waals surface area contributed by atoms with Gasteiger partial charge in [-0.05, 0) is 65.0 Å².